The molecule has 5 nitrogen and oxygen atoms in total. The van der Waals surface area contributed by atoms with Gasteiger partial charge >= 0.3 is 6.09 Å². The number of amides is 1. The van der Waals surface area contributed by atoms with Crippen LogP contribution < -0.4 is 5.32 Å². The maximum atomic E-state index is 13.0. The molecule has 1 aliphatic rings. The Morgan fingerprint density at radius 1 is 0.889 bits per heavy atom. The number of nitrogens with zero attached hydrogens (tertiary/aromatic N) is 2. The van der Waals surface area contributed by atoms with Gasteiger partial charge in [-0.05, 0) is 68.0 Å². The van der Waals surface area contributed by atoms with E-state index in [9.17, 15) is 4.79 Å². The number of carbonyl (C=O) groups is 1. The summed E-state index contributed by atoms with van der Waals surface area (Å²) in [5, 5.41) is 3.45. The average Bonchev–Trinajstić information content (AvgIpc) is 2.88. The number of nitrogens with one attached hydrogen (secondary N) is 1. The van der Waals surface area contributed by atoms with Crippen LogP contribution in [0.4, 0.5) is 4.79 Å². The van der Waals surface area contributed by atoms with Crippen LogP contribution in [-0.2, 0) is 24.4 Å². The first-order valence-corrected chi connectivity index (χ1v) is 13.2. The monoisotopic (exact) mass is 485 g/mol. The molecule has 0 radical (unpaired) electrons. The van der Waals surface area contributed by atoms with Crippen molar-refractivity contribution in [1.82, 2.24) is 15.2 Å². The number of benzene rings is 2. The fourth-order valence-corrected chi connectivity index (χ4v) is 4.71. The van der Waals surface area contributed by atoms with E-state index in [-0.39, 0.29) is 12.1 Å². The normalized spacial score (nSPS) is 14.4. The van der Waals surface area contributed by atoms with Crippen molar-refractivity contribution in [3.63, 3.8) is 0 Å². The van der Waals surface area contributed by atoms with Crippen LogP contribution in [0.15, 0.2) is 72.9 Å². The molecule has 0 atom stereocenters. The highest BCUT2D eigenvalue weighted by Gasteiger charge is 2.29. The molecule has 4 rings (SSSR count). The molecule has 1 amide bonds. The Labute approximate surface area is 215 Å². The number of aromatic nitrogens is 1. The van der Waals surface area contributed by atoms with Crippen molar-refractivity contribution < 1.29 is 9.53 Å². The predicted octanol–water partition coefficient (Wildman–Crippen LogP) is 7.11. The average molecular weight is 486 g/mol. The molecular weight excluding hydrogens is 446 g/mol. The Kier molecular flexibility index (Phi) is 8.76. The van der Waals surface area contributed by atoms with Crippen LogP contribution >= 0.6 is 0 Å². The SMILES string of the molecule is CC(C)(C)OC(=O)N(Cc1ccc(-c2ccc(CNCc3ccccn3)cc2)cc1)C1CCCCC1. The minimum Gasteiger partial charge on any atom is -0.444 e. The maximum absolute atomic E-state index is 13.0. The molecule has 1 aliphatic carbocycles. The number of hydrogen-bond donors (Lipinski definition) is 1. The van der Waals surface area contributed by atoms with Crippen molar-refractivity contribution in [2.75, 3.05) is 0 Å². The molecule has 36 heavy (non-hydrogen) atoms. The summed E-state index contributed by atoms with van der Waals surface area (Å²) in [6.45, 7) is 7.94. The lowest BCUT2D eigenvalue weighted by molar-refractivity contribution is 0.00988. The van der Waals surface area contributed by atoms with Crippen molar-refractivity contribution in [3.8, 4) is 11.1 Å². The summed E-state index contributed by atoms with van der Waals surface area (Å²) in [7, 11) is 0. The third-order valence-corrected chi connectivity index (χ3v) is 6.60. The zero-order valence-electron chi connectivity index (χ0n) is 21.9. The molecule has 190 valence electrons. The van der Waals surface area contributed by atoms with Gasteiger partial charge in [-0.15, -0.1) is 0 Å². The summed E-state index contributed by atoms with van der Waals surface area (Å²) < 4.78 is 5.76. The zero-order valence-corrected chi connectivity index (χ0v) is 21.9. The molecule has 1 fully saturated rings. The molecule has 0 spiro atoms. The fourth-order valence-electron chi connectivity index (χ4n) is 4.71. The van der Waals surface area contributed by atoms with Crippen LogP contribution in [-0.4, -0.2) is 27.6 Å². The summed E-state index contributed by atoms with van der Waals surface area (Å²) >= 11 is 0. The summed E-state index contributed by atoms with van der Waals surface area (Å²) in [5.41, 5.74) is 5.29. The number of pyridine rings is 1. The molecule has 1 saturated carbocycles. The largest absolute Gasteiger partial charge is 0.444 e. The second-order valence-corrected chi connectivity index (χ2v) is 10.7. The topological polar surface area (TPSA) is 54.5 Å². The highest BCUT2D eigenvalue weighted by atomic mass is 16.6. The number of hydrogen-bond acceptors (Lipinski definition) is 4. The fraction of sp³-hybridized carbons (Fsp3) is 0.419. The Bertz CT molecular complexity index is 1080. The van der Waals surface area contributed by atoms with E-state index in [0.29, 0.717) is 6.54 Å². The Morgan fingerprint density at radius 3 is 2.11 bits per heavy atom. The standard InChI is InChI=1S/C31H39N3O2/c1-31(2,3)36-30(35)34(29-10-5-4-6-11-29)23-25-14-18-27(19-15-25)26-16-12-24(13-17-26)21-32-22-28-9-7-8-20-33-28/h7-9,12-20,29,32H,4-6,10-11,21-23H2,1-3H3. The number of carbonyl (C=O) groups excluding carboxylic acids is 1. The van der Waals surface area contributed by atoms with Crippen molar-refractivity contribution in [1.29, 1.82) is 0 Å². The molecule has 0 unspecified atom stereocenters. The van der Waals surface area contributed by atoms with E-state index in [1.54, 1.807) is 0 Å². The smallest absolute Gasteiger partial charge is 0.410 e. The Balaban J connectivity index is 1.37. The first-order valence-electron chi connectivity index (χ1n) is 13.2. The highest BCUT2D eigenvalue weighted by molar-refractivity contribution is 5.69. The van der Waals surface area contributed by atoms with E-state index in [0.717, 1.165) is 37.2 Å². The Hall–Kier alpha value is -3.18. The molecule has 1 N–H and O–H groups in total. The molecule has 0 aliphatic heterocycles. The molecular formula is C31H39N3O2. The first kappa shape index (κ1) is 25.9. The van der Waals surface area contributed by atoms with Gasteiger partial charge in [0, 0.05) is 31.9 Å². The third kappa shape index (κ3) is 7.66. The second-order valence-electron chi connectivity index (χ2n) is 10.7. The van der Waals surface area contributed by atoms with Crippen LogP contribution in [0.5, 0.6) is 0 Å². The highest BCUT2D eigenvalue weighted by Crippen LogP contribution is 2.27. The molecule has 1 aromatic heterocycles. The van der Waals surface area contributed by atoms with E-state index < -0.39 is 5.60 Å². The van der Waals surface area contributed by atoms with Crippen LogP contribution in [0.1, 0.15) is 69.7 Å². The van der Waals surface area contributed by atoms with Gasteiger partial charge in [-0.2, -0.15) is 0 Å². The summed E-state index contributed by atoms with van der Waals surface area (Å²) in [5.74, 6) is 0. The van der Waals surface area contributed by atoms with Crippen molar-refractivity contribution in [2.45, 2.75) is 84.2 Å². The minimum absolute atomic E-state index is 0.203. The van der Waals surface area contributed by atoms with E-state index >= 15 is 0 Å². The minimum atomic E-state index is -0.492. The molecule has 5 heteroatoms. The van der Waals surface area contributed by atoms with E-state index in [1.165, 1.54) is 36.0 Å². The van der Waals surface area contributed by atoms with Crippen LogP contribution in [0, 0.1) is 0 Å². The molecule has 1 heterocycles. The van der Waals surface area contributed by atoms with Crippen molar-refractivity contribution in [2.24, 2.45) is 0 Å². The third-order valence-electron chi connectivity index (χ3n) is 6.60. The summed E-state index contributed by atoms with van der Waals surface area (Å²) in [6.07, 6.45) is 7.34. The van der Waals surface area contributed by atoms with Gasteiger partial charge < -0.3 is 15.0 Å². The van der Waals surface area contributed by atoms with Gasteiger partial charge in [0.25, 0.3) is 0 Å². The van der Waals surface area contributed by atoms with E-state index in [2.05, 4.69) is 58.8 Å². The molecule has 0 saturated heterocycles. The van der Waals surface area contributed by atoms with Crippen LogP contribution in [0.25, 0.3) is 11.1 Å². The van der Waals surface area contributed by atoms with Crippen molar-refractivity contribution in [3.05, 3.63) is 89.7 Å². The van der Waals surface area contributed by atoms with E-state index in [1.807, 2.05) is 50.1 Å². The lowest BCUT2D eigenvalue weighted by Gasteiger charge is -2.35. The van der Waals surface area contributed by atoms with Gasteiger partial charge in [-0.25, -0.2) is 4.79 Å². The second kappa shape index (κ2) is 12.2. The van der Waals surface area contributed by atoms with Gasteiger partial charge in [-0.1, -0.05) is 73.9 Å². The number of rotatable bonds is 8. The van der Waals surface area contributed by atoms with Gasteiger partial charge in [-0.3, -0.25) is 4.98 Å². The van der Waals surface area contributed by atoms with Gasteiger partial charge in [0.2, 0.25) is 0 Å². The maximum Gasteiger partial charge on any atom is 0.410 e. The van der Waals surface area contributed by atoms with Crippen LogP contribution in [0.2, 0.25) is 0 Å². The lowest BCUT2D eigenvalue weighted by Crippen LogP contribution is -2.43. The number of ether oxygens (including phenoxy) is 1. The van der Waals surface area contributed by atoms with E-state index in [4.69, 9.17) is 4.74 Å². The molecule has 0 bridgehead atoms. The van der Waals surface area contributed by atoms with Gasteiger partial charge in [0.1, 0.15) is 5.60 Å². The Morgan fingerprint density at radius 2 is 1.53 bits per heavy atom. The summed E-state index contributed by atoms with van der Waals surface area (Å²) in [4.78, 5) is 19.3. The van der Waals surface area contributed by atoms with Gasteiger partial charge in [0.15, 0.2) is 0 Å². The quantitative estimate of drug-likeness (QED) is 0.369. The van der Waals surface area contributed by atoms with Crippen LogP contribution in [0.3, 0.4) is 0 Å². The molecule has 2 aromatic carbocycles. The summed E-state index contributed by atoms with van der Waals surface area (Å²) in [6, 6.07) is 23.5. The lowest BCUT2D eigenvalue weighted by atomic mass is 9.94. The first-order chi connectivity index (χ1) is 17.4. The van der Waals surface area contributed by atoms with Crippen molar-refractivity contribution >= 4 is 6.09 Å². The molecule has 3 aromatic rings. The van der Waals surface area contributed by atoms with Gasteiger partial charge in [0.05, 0.1) is 5.69 Å². The predicted molar refractivity (Wildman–Crippen MR) is 145 cm³/mol. The zero-order chi connectivity index (χ0) is 25.4.